The number of hydrogen-bond acceptors (Lipinski definition) is 1. The van der Waals surface area contributed by atoms with E-state index < -0.39 is 0 Å². The molecule has 2 heteroatoms. The van der Waals surface area contributed by atoms with Crippen LogP contribution in [0.15, 0.2) is 0 Å². The molecule has 94 valence electrons. The van der Waals surface area contributed by atoms with Gasteiger partial charge in [-0.25, -0.2) is 0 Å². The third kappa shape index (κ3) is 3.22. The van der Waals surface area contributed by atoms with Gasteiger partial charge < -0.3 is 4.74 Å². The van der Waals surface area contributed by atoms with Crippen LogP contribution in [-0.4, -0.2) is 17.0 Å². The van der Waals surface area contributed by atoms with Crippen molar-refractivity contribution < 1.29 is 4.74 Å². The highest BCUT2D eigenvalue weighted by Gasteiger charge is 2.36. The van der Waals surface area contributed by atoms with Gasteiger partial charge in [0.15, 0.2) is 0 Å². The minimum absolute atomic E-state index is 0.175. The van der Waals surface area contributed by atoms with Crippen LogP contribution in [0.2, 0.25) is 0 Å². The number of rotatable bonds is 3. The van der Waals surface area contributed by atoms with Crippen molar-refractivity contribution in [2.75, 3.05) is 5.33 Å². The molecule has 0 aromatic carbocycles. The Labute approximate surface area is 108 Å². The van der Waals surface area contributed by atoms with E-state index in [1.807, 2.05) is 0 Å². The van der Waals surface area contributed by atoms with E-state index in [1.54, 1.807) is 0 Å². The lowest BCUT2D eigenvalue weighted by molar-refractivity contribution is -0.113. The van der Waals surface area contributed by atoms with Gasteiger partial charge in [0.25, 0.3) is 0 Å². The van der Waals surface area contributed by atoms with Gasteiger partial charge in [-0.15, -0.1) is 0 Å². The van der Waals surface area contributed by atoms with Gasteiger partial charge in [-0.3, -0.25) is 0 Å². The fraction of sp³-hybridized carbons (Fsp3) is 1.00. The van der Waals surface area contributed by atoms with Crippen LogP contribution in [0.25, 0.3) is 0 Å². The summed E-state index contributed by atoms with van der Waals surface area (Å²) < 4.78 is 6.47. The van der Waals surface area contributed by atoms with E-state index in [4.69, 9.17) is 4.74 Å². The second-order valence-corrected chi connectivity index (χ2v) is 6.44. The Hall–Kier alpha value is 0.440. The van der Waals surface area contributed by atoms with Crippen molar-refractivity contribution in [1.29, 1.82) is 0 Å². The Morgan fingerprint density at radius 1 is 1.06 bits per heavy atom. The molecule has 0 unspecified atom stereocenters. The van der Waals surface area contributed by atoms with Crippen molar-refractivity contribution in [2.45, 2.75) is 76.4 Å². The van der Waals surface area contributed by atoms with Gasteiger partial charge in [0, 0.05) is 5.33 Å². The van der Waals surface area contributed by atoms with E-state index in [0.717, 1.165) is 11.2 Å². The summed E-state index contributed by atoms with van der Waals surface area (Å²) in [5, 5.41) is 1.03. The van der Waals surface area contributed by atoms with Crippen molar-refractivity contribution >= 4 is 15.9 Å². The van der Waals surface area contributed by atoms with Gasteiger partial charge in [-0.2, -0.15) is 0 Å². The van der Waals surface area contributed by atoms with Crippen molar-refractivity contribution in [2.24, 2.45) is 5.92 Å². The summed E-state index contributed by atoms with van der Waals surface area (Å²) in [6.07, 6.45) is 12.5. The van der Waals surface area contributed by atoms with Crippen LogP contribution in [0.3, 0.4) is 0 Å². The molecule has 2 fully saturated rings. The third-order valence-electron chi connectivity index (χ3n) is 4.40. The molecule has 2 rings (SSSR count). The van der Waals surface area contributed by atoms with E-state index in [2.05, 4.69) is 22.9 Å². The smallest absolute Gasteiger partial charge is 0.0782 e. The molecule has 2 aliphatic carbocycles. The second-order valence-electron chi connectivity index (χ2n) is 5.88. The predicted octanol–water partition coefficient (Wildman–Crippen LogP) is 4.68. The summed E-state index contributed by atoms with van der Waals surface area (Å²) in [5.74, 6) is 0.905. The molecule has 0 heterocycles. The van der Waals surface area contributed by atoms with Crippen molar-refractivity contribution in [3.05, 3.63) is 0 Å². The van der Waals surface area contributed by atoms with E-state index in [1.165, 1.54) is 57.8 Å². The summed E-state index contributed by atoms with van der Waals surface area (Å²) in [6, 6.07) is 0. The number of alkyl halides is 1. The van der Waals surface area contributed by atoms with Crippen molar-refractivity contribution in [3.8, 4) is 0 Å². The van der Waals surface area contributed by atoms with Gasteiger partial charge in [0.2, 0.25) is 0 Å². The van der Waals surface area contributed by atoms with E-state index in [-0.39, 0.29) is 5.60 Å². The maximum Gasteiger partial charge on any atom is 0.0782 e. The summed E-state index contributed by atoms with van der Waals surface area (Å²) >= 11 is 3.69. The molecule has 1 nitrogen and oxygen atoms in total. The largest absolute Gasteiger partial charge is 0.371 e. The summed E-state index contributed by atoms with van der Waals surface area (Å²) in [6.45, 7) is 2.37. The Bertz CT molecular complexity index is 203. The quantitative estimate of drug-likeness (QED) is 0.685. The highest BCUT2D eigenvalue weighted by Crippen LogP contribution is 2.38. The molecule has 2 saturated carbocycles. The van der Waals surface area contributed by atoms with Gasteiger partial charge in [-0.1, -0.05) is 42.1 Å². The molecule has 0 spiro atoms. The van der Waals surface area contributed by atoms with Gasteiger partial charge in [0.05, 0.1) is 11.7 Å². The molecule has 0 N–H and O–H groups in total. The zero-order valence-electron chi connectivity index (χ0n) is 10.5. The van der Waals surface area contributed by atoms with Crippen LogP contribution in [0.1, 0.15) is 64.7 Å². The van der Waals surface area contributed by atoms with Gasteiger partial charge >= 0.3 is 0 Å². The molecule has 0 amide bonds. The zero-order chi connectivity index (χ0) is 11.4. The third-order valence-corrected chi connectivity index (χ3v) is 5.42. The first kappa shape index (κ1) is 12.9. The average molecular weight is 289 g/mol. The molecule has 16 heavy (non-hydrogen) atoms. The number of halogens is 1. The predicted molar refractivity (Wildman–Crippen MR) is 72.1 cm³/mol. The van der Waals surface area contributed by atoms with Crippen LogP contribution in [0, 0.1) is 5.92 Å². The minimum atomic E-state index is 0.175. The Morgan fingerprint density at radius 3 is 2.25 bits per heavy atom. The second kappa shape index (κ2) is 5.86. The summed E-state index contributed by atoms with van der Waals surface area (Å²) in [4.78, 5) is 0. The molecule has 2 aliphatic rings. The number of ether oxygens (including phenoxy) is 1. The maximum absolute atomic E-state index is 6.47. The van der Waals surface area contributed by atoms with Crippen LogP contribution in [-0.2, 0) is 4.74 Å². The normalized spacial score (nSPS) is 37.5. The zero-order valence-corrected chi connectivity index (χ0v) is 12.1. The van der Waals surface area contributed by atoms with Crippen molar-refractivity contribution in [1.82, 2.24) is 0 Å². The first-order valence-electron chi connectivity index (χ1n) is 6.98. The van der Waals surface area contributed by atoms with E-state index in [0.29, 0.717) is 6.10 Å². The molecule has 0 bridgehead atoms. The SMILES string of the molecule is CC1CCC(CBr)(OC2CCCCC2)CC1. The fourth-order valence-corrected chi connectivity index (χ4v) is 3.80. The van der Waals surface area contributed by atoms with Crippen LogP contribution in [0.4, 0.5) is 0 Å². The average Bonchev–Trinajstić information content (AvgIpc) is 2.34. The van der Waals surface area contributed by atoms with E-state index in [9.17, 15) is 0 Å². The molecular formula is C14H25BrO. The molecule has 0 aromatic rings. The topological polar surface area (TPSA) is 9.23 Å². The summed E-state index contributed by atoms with van der Waals surface area (Å²) in [5.41, 5.74) is 0.175. The number of hydrogen-bond donors (Lipinski definition) is 0. The van der Waals surface area contributed by atoms with Crippen LogP contribution >= 0.6 is 15.9 Å². The molecule has 0 radical (unpaired) electrons. The lowest BCUT2D eigenvalue weighted by Crippen LogP contribution is -2.42. The minimum Gasteiger partial charge on any atom is -0.371 e. The van der Waals surface area contributed by atoms with Crippen molar-refractivity contribution in [3.63, 3.8) is 0 Å². The highest BCUT2D eigenvalue weighted by molar-refractivity contribution is 9.09. The fourth-order valence-electron chi connectivity index (χ4n) is 3.11. The summed E-state index contributed by atoms with van der Waals surface area (Å²) in [7, 11) is 0. The van der Waals surface area contributed by atoms with Crippen LogP contribution < -0.4 is 0 Å². The molecule has 0 aromatic heterocycles. The Kier molecular flexibility index (Phi) is 4.72. The highest BCUT2D eigenvalue weighted by atomic mass is 79.9. The molecule has 0 saturated heterocycles. The lowest BCUT2D eigenvalue weighted by atomic mass is 9.80. The lowest BCUT2D eigenvalue weighted by Gasteiger charge is -2.41. The standard InChI is InChI=1S/C14H25BrO/c1-12-7-9-14(11-15,10-8-12)16-13-5-3-2-4-6-13/h12-13H,2-11H2,1H3. The molecule has 0 aliphatic heterocycles. The Morgan fingerprint density at radius 2 is 1.69 bits per heavy atom. The molecular weight excluding hydrogens is 264 g/mol. The Balaban J connectivity index is 1.88. The molecule has 0 atom stereocenters. The first-order valence-corrected chi connectivity index (χ1v) is 8.10. The van der Waals surface area contributed by atoms with Crippen LogP contribution in [0.5, 0.6) is 0 Å². The maximum atomic E-state index is 6.47. The van der Waals surface area contributed by atoms with Gasteiger partial charge in [-0.05, 0) is 44.4 Å². The monoisotopic (exact) mass is 288 g/mol. The first-order chi connectivity index (χ1) is 7.74. The van der Waals surface area contributed by atoms with Gasteiger partial charge in [0.1, 0.15) is 0 Å². The van der Waals surface area contributed by atoms with E-state index >= 15 is 0 Å².